The van der Waals surface area contributed by atoms with Gasteiger partial charge >= 0.3 is 5.97 Å². The summed E-state index contributed by atoms with van der Waals surface area (Å²) in [7, 11) is 0. The molecule has 1 unspecified atom stereocenters. The highest BCUT2D eigenvalue weighted by molar-refractivity contribution is 5.69. The van der Waals surface area contributed by atoms with E-state index in [2.05, 4.69) is 34.6 Å². The summed E-state index contributed by atoms with van der Waals surface area (Å²) in [4.78, 5) is 13.1. The lowest BCUT2D eigenvalue weighted by Gasteiger charge is -2.43. The van der Waals surface area contributed by atoms with E-state index in [0.717, 1.165) is 6.42 Å². The summed E-state index contributed by atoms with van der Waals surface area (Å²) in [5.41, 5.74) is 11.1. The monoisotopic (exact) mass is 273 g/mol. The van der Waals surface area contributed by atoms with Gasteiger partial charge in [0, 0.05) is 12.1 Å². The van der Waals surface area contributed by atoms with Crippen molar-refractivity contribution in [3.8, 4) is 0 Å². The summed E-state index contributed by atoms with van der Waals surface area (Å²) in [5, 5.41) is 9.11. The topological polar surface area (TPSA) is 92.6 Å². The minimum absolute atomic E-state index is 0.0354. The van der Waals surface area contributed by atoms with Crippen LogP contribution in [0.1, 0.15) is 41.0 Å². The highest BCUT2D eigenvalue weighted by Gasteiger charge is 2.33. The molecule has 5 heteroatoms. The highest BCUT2D eigenvalue weighted by Crippen LogP contribution is 2.27. The van der Waals surface area contributed by atoms with Crippen molar-refractivity contribution in [2.75, 3.05) is 26.2 Å². The summed E-state index contributed by atoms with van der Waals surface area (Å²) in [6.45, 7) is 12.2. The standard InChI is InChI=1S/C14H31N3O2/c1-11(7-15)6-14(4,5)17(8-12(18)19)10-13(2,3)9-16/h11H,6-10,15-16H2,1-5H3,(H,18,19). The molecule has 0 amide bonds. The Hall–Kier alpha value is -0.650. The number of carbonyl (C=O) groups is 1. The van der Waals surface area contributed by atoms with E-state index in [0.29, 0.717) is 25.6 Å². The summed E-state index contributed by atoms with van der Waals surface area (Å²) in [5.74, 6) is -0.436. The molecule has 0 fully saturated rings. The normalized spacial score (nSPS) is 14.7. The molecule has 0 radical (unpaired) electrons. The summed E-state index contributed by atoms with van der Waals surface area (Å²) in [6, 6.07) is 0. The van der Waals surface area contributed by atoms with Crippen molar-refractivity contribution >= 4 is 5.97 Å². The van der Waals surface area contributed by atoms with Gasteiger partial charge in [-0.3, -0.25) is 9.69 Å². The van der Waals surface area contributed by atoms with Crippen LogP contribution in [0.5, 0.6) is 0 Å². The first kappa shape index (κ1) is 18.4. The summed E-state index contributed by atoms with van der Waals surface area (Å²) in [6.07, 6.45) is 0.872. The number of carboxylic acids is 1. The minimum Gasteiger partial charge on any atom is -0.480 e. The number of carboxylic acid groups (broad SMARTS) is 1. The minimum atomic E-state index is -0.804. The molecule has 0 aromatic carbocycles. The fourth-order valence-corrected chi connectivity index (χ4v) is 2.29. The van der Waals surface area contributed by atoms with Crippen LogP contribution in [0, 0.1) is 11.3 Å². The lowest BCUT2D eigenvalue weighted by molar-refractivity contribution is -0.140. The predicted molar refractivity (Wildman–Crippen MR) is 79.0 cm³/mol. The molecule has 0 aliphatic rings. The van der Waals surface area contributed by atoms with E-state index in [-0.39, 0.29) is 17.5 Å². The second-order valence-corrected chi connectivity index (χ2v) is 6.98. The van der Waals surface area contributed by atoms with Crippen molar-refractivity contribution in [1.82, 2.24) is 4.90 Å². The van der Waals surface area contributed by atoms with E-state index < -0.39 is 5.97 Å². The Morgan fingerprint density at radius 1 is 1.26 bits per heavy atom. The first-order valence-corrected chi connectivity index (χ1v) is 6.91. The van der Waals surface area contributed by atoms with Crippen LogP contribution in [0.15, 0.2) is 0 Å². The lowest BCUT2D eigenvalue weighted by Crippen LogP contribution is -2.52. The average Bonchev–Trinajstić information content (AvgIpc) is 2.26. The van der Waals surface area contributed by atoms with Gasteiger partial charge in [-0.25, -0.2) is 0 Å². The van der Waals surface area contributed by atoms with E-state index in [1.54, 1.807) is 0 Å². The van der Waals surface area contributed by atoms with Gasteiger partial charge in [0.1, 0.15) is 0 Å². The van der Waals surface area contributed by atoms with Crippen molar-refractivity contribution in [3.63, 3.8) is 0 Å². The zero-order chi connectivity index (χ0) is 15.3. The number of aliphatic carboxylic acids is 1. The van der Waals surface area contributed by atoms with E-state index in [4.69, 9.17) is 16.6 Å². The number of nitrogens with zero attached hydrogens (tertiary/aromatic N) is 1. The molecular weight excluding hydrogens is 242 g/mol. The Labute approximate surface area is 117 Å². The number of hydrogen-bond acceptors (Lipinski definition) is 4. The molecule has 19 heavy (non-hydrogen) atoms. The number of nitrogens with two attached hydrogens (primary N) is 2. The van der Waals surface area contributed by atoms with Crippen molar-refractivity contribution in [1.29, 1.82) is 0 Å². The van der Waals surface area contributed by atoms with Gasteiger partial charge in [-0.2, -0.15) is 0 Å². The molecule has 0 bridgehead atoms. The number of rotatable bonds is 9. The predicted octanol–water partition coefficient (Wildman–Crippen LogP) is 1.12. The summed E-state index contributed by atoms with van der Waals surface area (Å²) < 4.78 is 0. The van der Waals surface area contributed by atoms with Crippen LogP contribution in [-0.2, 0) is 4.79 Å². The van der Waals surface area contributed by atoms with Gasteiger partial charge in [0.15, 0.2) is 0 Å². The van der Waals surface area contributed by atoms with Crippen LogP contribution in [-0.4, -0.2) is 47.7 Å². The van der Waals surface area contributed by atoms with Gasteiger partial charge in [-0.1, -0.05) is 20.8 Å². The molecule has 0 saturated heterocycles. The quantitative estimate of drug-likeness (QED) is 0.585. The molecule has 0 aromatic heterocycles. The van der Waals surface area contributed by atoms with Crippen LogP contribution in [0.3, 0.4) is 0 Å². The Kier molecular flexibility index (Phi) is 6.97. The van der Waals surface area contributed by atoms with Crippen molar-refractivity contribution in [2.45, 2.75) is 46.6 Å². The van der Waals surface area contributed by atoms with E-state index in [1.807, 2.05) is 4.90 Å². The maximum Gasteiger partial charge on any atom is 0.317 e. The van der Waals surface area contributed by atoms with Gasteiger partial charge in [0.25, 0.3) is 0 Å². The van der Waals surface area contributed by atoms with Crippen LogP contribution in [0.25, 0.3) is 0 Å². The van der Waals surface area contributed by atoms with Gasteiger partial charge in [-0.15, -0.1) is 0 Å². The lowest BCUT2D eigenvalue weighted by atomic mass is 9.86. The van der Waals surface area contributed by atoms with Crippen LogP contribution in [0.2, 0.25) is 0 Å². The van der Waals surface area contributed by atoms with Crippen molar-refractivity contribution < 1.29 is 9.90 Å². The zero-order valence-corrected chi connectivity index (χ0v) is 13.1. The van der Waals surface area contributed by atoms with Gasteiger partial charge in [0.2, 0.25) is 0 Å². The SMILES string of the molecule is CC(CN)CC(C)(C)N(CC(=O)O)CC(C)(C)CN. The molecule has 0 saturated carbocycles. The van der Waals surface area contributed by atoms with Crippen molar-refractivity contribution in [3.05, 3.63) is 0 Å². The molecule has 114 valence electrons. The fourth-order valence-electron chi connectivity index (χ4n) is 2.29. The summed E-state index contributed by atoms with van der Waals surface area (Å²) >= 11 is 0. The third-order valence-corrected chi connectivity index (χ3v) is 3.60. The Morgan fingerprint density at radius 3 is 2.16 bits per heavy atom. The van der Waals surface area contributed by atoms with Crippen LogP contribution >= 0.6 is 0 Å². The van der Waals surface area contributed by atoms with E-state index >= 15 is 0 Å². The zero-order valence-electron chi connectivity index (χ0n) is 13.1. The van der Waals surface area contributed by atoms with E-state index in [1.165, 1.54) is 0 Å². The smallest absolute Gasteiger partial charge is 0.317 e. The third kappa shape index (κ3) is 6.89. The molecule has 1 atom stereocenters. The molecule has 5 N–H and O–H groups in total. The first-order chi connectivity index (χ1) is 8.54. The van der Waals surface area contributed by atoms with Crippen LogP contribution < -0.4 is 11.5 Å². The Balaban J connectivity index is 4.95. The Morgan fingerprint density at radius 2 is 1.79 bits per heavy atom. The second kappa shape index (κ2) is 7.22. The molecule has 0 aliphatic heterocycles. The fraction of sp³-hybridized carbons (Fsp3) is 0.929. The van der Waals surface area contributed by atoms with Gasteiger partial charge in [0.05, 0.1) is 6.54 Å². The van der Waals surface area contributed by atoms with Crippen LogP contribution in [0.4, 0.5) is 0 Å². The Bertz CT molecular complexity index is 290. The maximum atomic E-state index is 11.1. The molecule has 0 aliphatic carbocycles. The second-order valence-electron chi connectivity index (χ2n) is 6.98. The maximum absolute atomic E-state index is 11.1. The third-order valence-electron chi connectivity index (χ3n) is 3.60. The van der Waals surface area contributed by atoms with E-state index in [9.17, 15) is 4.79 Å². The number of hydrogen-bond donors (Lipinski definition) is 3. The van der Waals surface area contributed by atoms with Gasteiger partial charge < -0.3 is 16.6 Å². The van der Waals surface area contributed by atoms with Crippen molar-refractivity contribution in [2.24, 2.45) is 22.8 Å². The molecular formula is C14H31N3O2. The van der Waals surface area contributed by atoms with Gasteiger partial charge in [-0.05, 0) is 44.7 Å². The largest absolute Gasteiger partial charge is 0.480 e. The first-order valence-electron chi connectivity index (χ1n) is 6.91. The molecule has 0 heterocycles. The molecule has 5 nitrogen and oxygen atoms in total. The highest BCUT2D eigenvalue weighted by atomic mass is 16.4. The average molecular weight is 273 g/mol. The molecule has 0 spiro atoms. The molecule has 0 rings (SSSR count). The molecule has 0 aromatic rings.